The van der Waals surface area contributed by atoms with Gasteiger partial charge in [0.25, 0.3) is 5.69 Å². The van der Waals surface area contributed by atoms with E-state index in [2.05, 4.69) is 4.90 Å². The van der Waals surface area contributed by atoms with E-state index in [1.807, 2.05) is 6.07 Å². The number of piperidine rings is 1. The van der Waals surface area contributed by atoms with Gasteiger partial charge in [0, 0.05) is 24.6 Å². The van der Waals surface area contributed by atoms with E-state index in [4.69, 9.17) is 5.11 Å². The van der Waals surface area contributed by atoms with Crippen molar-refractivity contribution >= 4 is 11.7 Å². The molecule has 1 aliphatic heterocycles. The van der Waals surface area contributed by atoms with Crippen molar-refractivity contribution in [1.82, 2.24) is 4.90 Å². The van der Waals surface area contributed by atoms with Crippen molar-refractivity contribution in [3.8, 4) is 0 Å². The van der Waals surface area contributed by atoms with Crippen LogP contribution in [-0.4, -0.2) is 40.5 Å². The Morgan fingerprint density at radius 1 is 1.33 bits per heavy atom. The summed E-state index contributed by atoms with van der Waals surface area (Å²) in [6.45, 7) is 2.53. The Kier molecular flexibility index (Phi) is 5.27. The van der Waals surface area contributed by atoms with Crippen LogP contribution in [-0.2, 0) is 11.2 Å². The highest BCUT2D eigenvalue weighted by atomic mass is 16.6. The number of carbonyl (C=O) groups is 1. The van der Waals surface area contributed by atoms with E-state index in [0.29, 0.717) is 6.42 Å². The Morgan fingerprint density at radius 3 is 2.62 bits per heavy atom. The van der Waals surface area contributed by atoms with Gasteiger partial charge in [0.2, 0.25) is 0 Å². The maximum Gasteiger partial charge on any atom is 0.303 e. The van der Waals surface area contributed by atoms with Crippen LogP contribution >= 0.6 is 0 Å². The monoisotopic (exact) mass is 292 g/mol. The maximum atomic E-state index is 11.0. The summed E-state index contributed by atoms with van der Waals surface area (Å²) < 4.78 is 0. The summed E-state index contributed by atoms with van der Waals surface area (Å²) in [5, 5.41) is 19.7. The molecule has 1 saturated heterocycles. The highest BCUT2D eigenvalue weighted by molar-refractivity contribution is 5.67. The van der Waals surface area contributed by atoms with Crippen LogP contribution in [0.4, 0.5) is 5.69 Å². The molecule has 0 amide bonds. The fourth-order valence-corrected chi connectivity index (χ4v) is 2.84. The van der Waals surface area contributed by atoms with Crippen molar-refractivity contribution in [3.05, 3.63) is 39.9 Å². The number of nitro benzene ring substituents is 1. The first kappa shape index (κ1) is 15.4. The highest BCUT2D eigenvalue weighted by Gasteiger charge is 2.21. The van der Waals surface area contributed by atoms with Crippen LogP contribution in [0, 0.1) is 16.0 Å². The lowest BCUT2D eigenvalue weighted by Gasteiger charge is -2.31. The predicted molar refractivity (Wildman–Crippen MR) is 78.2 cm³/mol. The molecule has 114 valence electrons. The number of likely N-dealkylation sites (tertiary alicyclic amines) is 1. The standard InChI is InChI=1S/C15H20N2O4/c18-15(19)11-12-5-8-16(9-6-12)10-7-13-3-1-2-4-14(13)17(20)21/h1-4,12H,5-11H2,(H,18,19). The smallest absolute Gasteiger partial charge is 0.303 e. The molecule has 2 rings (SSSR count). The lowest BCUT2D eigenvalue weighted by molar-refractivity contribution is -0.385. The first-order chi connectivity index (χ1) is 10.1. The van der Waals surface area contributed by atoms with Crippen molar-refractivity contribution in [3.63, 3.8) is 0 Å². The molecular weight excluding hydrogens is 272 g/mol. The molecule has 21 heavy (non-hydrogen) atoms. The first-order valence-electron chi connectivity index (χ1n) is 7.22. The molecule has 1 heterocycles. The summed E-state index contributed by atoms with van der Waals surface area (Å²) in [5.74, 6) is -0.460. The Balaban J connectivity index is 1.82. The molecule has 0 aliphatic carbocycles. The number of aliphatic carboxylic acids is 1. The van der Waals surface area contributed by atoms with Gasteiger partial charge in [0.15, 0.2) is 0 Å². The molecule has 1 aromatic carbocycles. The van der Waals surface area contributed by atoms with Gasteiger partial charge in [-0.1, -0.05) is 18.2 Å². The number of carboxylic acids is 1. The Bertz CT molecular complexity index is 510. The third-order valence-corrected chi connectivity index (χ3v) is 4.06. The topological polar surface area (TPSA) is 83.7 Å². The minimum absolute atomic E-state index is 0.179. The molecule has 0 aromatic heterocycles. The van der Waals surface area contributed by atoms with Gasteiger partial charge in [0.05, 0.1) is 4.92 Å². The molecule has 1 N–H and O–H groups in total. The van der Waals surface area contributed by atoms with Gasteiger partial charge in [-0.25, -0.2) is 0 Å². The predicted octanol–water partition coefficient (Wildman–Crippen LogP) is 2.32. The Morgan fingerprint density at radius 2 is 2.00 bits per heavy atom. The fourth-order valence-electron chi connectivity index (χ4n) is 2.84. The first-order valence-corrected chi connectivity index (χ1v) is 7.22. The van der Waals surface area contributed by atoms with Crippen molar-refractivity contribution in [2.75, 3.05) is 19.6 Å². The van der Waals surface area contributed by atoms with Gasteiger partial charge in [-0.3, -0.25) is 14.9 Å². The van der Waals surface area contributed by atoms with Crippen LogP contribution in [0.25, 0.3) is 0 Å². The Labute approximate surface area is 123 Å². The molecule has 6 heteroatoms. The highest BCUT2D eigenvalue weighted by Crippen LogP contribution is 2.22. The quantitative estimate of drug-likeness (QED) is 0.642. The van der Waals surface area contributed by atoms with E-state index in [1.54, 1.807) is 12.1 Å². The summed E-state index contributed by atoms with van der Waals surface area (Å²) in [7, 11) is 0. The second-order valence-corrected chi connectivity index (χ2v) is 5.52. The molecule has 0 bridgehead atoms. The van der Waals surface area contributed by atoms with Crippen LogP contribution in [0.5, 0.6) is 0 Å². The van der Waals surface area contributed by atoms with Crippen molar-refractivity contribution < 1.29 is 14.8 Å². The zero-order valence-corrected chi connectivity index (χ0v) is 11.9. The number of rotatable bonds is 6. The van der Waals surface area contributed by atoms with Crippen LogP contribution in [0.2, 0.25) is 0 Å². The van der Waals surface area contributed by atoms with Crippen molar-refractivity contribution in [1.29, 1.82) is 0 Å². The van der Waals surface area contributed by atoms with Gasteiger partial charge < -0.3 is 10.0 Å². The minimum atomic E-state index is -0.728. The minimum Gasteiger partial charge on any atom is -0.481 e. The average Bonchev–Trinajstić information content (AvgIpc) is 2.46. The molecule has 0 unspecified atom stereocenters. The fraction of sp³-hybridized carbons (Fsp3) is 0.533. The van der Waals surface area contributed by atoms with Crippen molar-refractivity contribution in [2.45, 2.75) is 25.7 Å². The second kappa shape index (κ2) is 7.17. The molecular formula is C15H20N2O4. The molecule has 0 spiro atoms. The number of para-hydroxylation sites is 1. The lowest BCUT2D eigenvalue weighted by atomic mass is 9.93. The van der Waals surface area contributed by atoms with Crippen LogP contribution < -0.4 is 0 Å². The second-order valence-electron chi connectivity index (χ2n) is 5.52. The van der Waals surface area contributed by atoms with E-state index in [9.17, 15) is 14.9 Å². The molecule has 6 nitrogen and oxygen atoms in total. The van der Waals surface area contributed by atoms with Gasteiger partial charge >= 0.3 is 5.97 Å². The zero-order chi connectivity index (χ0) is 15.2. The number of nitrogens with zero attached hydrogens (tertiary/aromatic N) is 2. The van der Waals surface area contributed by atoms with E-state index >= 15 is 0 Å². The van der Waals surface area contributed by atoms with E-state index in [-0.39, 0.29) is 22.9 Å². The summed E-state index contributed by atoms with van der Waals surface area (Å²) in [4.78, 5) is 23.6. The number of benzene rings is 1. The molecule has 1 aromatic rings. The summed E-state index contributed by atoms with van der Waals surface area (Å²) in [5.41, 5.74) is 0.938. The van der Waals surface area contributed by atoms with E-state index in [1.165, 1.54) is 6.07 Å². The van der Waals surface area contributed by atoms with Crippen LogP contribution in [0.15, 0.2) is 24.3 Å². The van der Waals surface area contributed by atoms with Crippen molar-refractivity contribution in [2.24, 2.45) is 5.92 Å². The summed E-state index contributed by atoms with van der Waals surface area (Å²) >= 11 is 0. The number of nitro groups is 1. The van der Waals surface area contributed by atoms with E-state index < -0.39 is 5.97 Å². The molecule has 1 fully saturated rings. The van der Waals surface area contributed by atoms with Gasteiger partial charge in [0.1, 0.15) is 0 Å². The van der Waals surface area contributed by atoms with Crippen LogP contribution in [0.1, 0.15) is 24.8 Å². The lowest BCUT2D eigenvalue weighted by Crippen LogP contribution is -2.35. The van der Waals surface area contributed by atoms with Gasteiger partial charge in [-0.15, -0.1) is 0 Å². The van der Waals surface area contributed by atoms with Gasteiger partial charge in [-0.2, -0.15) is 0 Å². The molecule has 0 atom stereocenters. The number of hydrogen-bond donors (Lipinski definition) is 1. The molecule has 1 aliphatic rings. The normalized spacial score (nSPS) is 16.8. The number of hydrogen-bond acceptors (Lipinski definition) is 4. The zero-order valence-electron chi connectivity index (χ0n) is 11.9. The number of carboxylic acid groups (broad SMARTS) is 1. The van der Waals surface area contributed by atoms with E-state index in [0.717, 1.165) is 38.0 Å². The van der Waals surface area contributed by atoms with Crippen LogP contribution in [0.3, 0.4) is 0 Å². The SMILES string of the molecule is O=C(O)CC1CCN(CCc2ccccc2[N+](=O)[O-])CC1. The largest absolute Gasteiger partial charge is 0.481 e. The molecule has 0 saturated carbocycles. The third kappa shape index (κ3) is 4.53. The molecule has 0 radical (unpaired) electrons. The Hall–Kier alpha value is -1.95. The maximum absolute atomic E-state index is 11.0. The average molecular weight is 292 g/mol. The summed E-state index contributed by atoms with van der Waals surface area (Å²) in [6, 6.07) is 6.84. The van der Waals surface area contributed by atoms with Gasteiger partial charge in [-0.05, 0) is 38.3 Å². The third-order valence-electron chi connectivity index (χ3n) is 4.06. The summed E-state index contributed by atoms with van der Waals surface area (Å²) in [6.07, 6.45) is 2.69.